The van der Waals surface area contributed by atoms with Gasteiger partial charge in [-0.3, -0.25) is 4.79 Å². The van der Waals surface area contributed by atoms with Crippen LogP contribution in [0.5, 0.6) is 0 Å². The molecular formula is C22H30O4. The number of ketones is 1. The standard InChI is InChI=1S/C22H30O4/c1-3-13-25-19-12-10-17-15(2)14-20(24)26-22(17)21(19)18(23)11-9-16-7-5-4-6-8-16/h3,9,11,14,16-17,19,21-22H,1,4-8,10,12-13H2,2H3/b11-9+. The van der Waals surface area contributed by atoms with E-state index in [0.717, 1.165) is 31.3 Å². The van der Waals surface area contributed by atoms with Gasteiger partial charge >= 0.3 is 5.97 Å². The Morgan fingerprint density at radius 2 is 2.04 bits per heavy atom. The normalized spacial score (nSPS) is 32.7. The van der Waals surface area contributed by atoms with Crippen molar-refractivity contribution >= 4 is 11.8 Å². The highest BCUT2D eigenvalue weighted by molar-refractivity contribution is 5.93. The summed E-state index contributed by atoms with van der Waals surface area (Å²) in [7, 11) is 0. The third-order valence-electron chi connectivity index (χ3n) is 6.04. The molecule has 2 saturated carbocycles. The summed E-state index contributed by atoms with van der Waals surface area (Å²) in [6, 6.07) is 0. The second kappa shape index (κ2) is 8.81. The van der Waals surface area contributed by atoms with Crippen LogP contribution in [0.1, 0.15) is 51.9 Å². The molecule has 4 nitrogen and oxygen atoms in total. The van der Waals surface area contributed by atoms with E-state index in [4.69, 9.17) is 9.47 Å². The van der Waals surface area contributed by atoms with Gasteiger partial charge in [-0.05, 0) is 44.6 Å². The minimum Gasteiger partial charge on any atom is -0.458 e. The molecule has 4 atom stereocenters. The van der Waals surface area contributed by atoms with Crippen molar-refractivity contribution in [1.29, 1.82) is 0 Å². The minimum atomic E-state index is -0.429. The highest BCUT2D eigenvalue weighted by Gasteiger charge is 2.47. The first kappa shape index (κ1) is 19.1. The number of hydrogen-bond donors (Lipinski definition) is 0. The van der Waals surface area contributed by atoms with Crippen molar-refractivity contribution in [2.45, 2.75) is 64.1 Å². The molecule has 142 valence electrons. The molecule has 0 amide bonds. The molecule has 26 heavy (non-hydrogen) atoms. The van der Waals surface area contributed by atoms with Crippen molar-refractivity contribution in [3.63, 3.8) is 0 Å². The van der Waals surface area contributed by atoms with Gasteiger partial charge in [0, 0.05) is 12.0 Å². The summed E-state index contributed by atoms with van der Waals surface area (Å²) < 4.78 is 11.5. The molecule has 0 radical (unpaired) electrons. The van der Waals surface area contributed by atoms with Crippen LogP contribution in [0, 0.1) is 17.8 Å². The van der Waals surface area contributed by atoms with E-state index in [1.165, 1.54) is 19.3 Å². The van der Waals surface area contributed by atoms with E-state index >= 15 is 0 Å². The van der Waals surface area contributed by atoms with E-state index < -0.39 is 12.0 Å². The molecular weight excluding hydrogens is 328 g/mol. The fourth-order valence-electron chi connectivity index (χ4n) is 4.65. The lowest BCUT2D eigenvalue weighted by Crippen LogP contribution is -2.50. The average molecular weight is 358 g/mol. The van der Waals surface area contributed by atoms with Gasteiger partial charge in [0.05, 0.1) is 18.6 Å². The van der Waals surface area contributed by atoms with Crippen LogP contribution >= 0.6 is 0 Å². The second-order valence-corrected chi connectivity index (χ2v) is 7.82. The van der Waals surface area contributed by atoms with Crippen LogP contribution in [0.25, 0.3) is 0 Å². The SMILES string of the molecule is C=CCOC1CCC2C(C)=CC(=O)OC2C1C(=O)/C=C/C1CCCCC1. The van der Waals surface area contributed by atoms with Crippen LogP contribution in [0.3, 0.4) is 0 Å². The number of esters is 1. The molecule has 1 aliphatic heterocycles. The van der Waals surface area contributed by atoms with Crippen molar-refractivity contribution in [3.8, 4) is 0 Å². The summed E-state index contributed by atoms with van der Waals surface area (Å²) in [6.07, 6.45) is 14.2. The Labute approximate surface area is 156 Å². The number of allylic oxidation sites excluding steroid dienone is 2. The van der Waals surface area contributed by atoms with Crippen LogP contribution in [-0.2, 0) is 19.1 Å². The monoisotopic (exact) mass is 358 g/mol. The Balaban J connectivity index is 1.78. The molecule has 0 aromatic rings. The Morgan fingerprint density at radius 3 is 2.77 bits per heavy atom. The highest BCUT2D eigenvalue weighted by atomic mass is 16.5. The predicted molar refractivity (Wildman–Crippen MR) is 101 cm³/mol. The molecule has 2 aliphatic carbocycles. The largest absolute Gasteiger partial charge is 0.458 e. The third-order valence-corrected chi connectivity index (χ3v) is 6.04. The maximum atomic E-state index is 13.1. The van der Waals surface area contributed by atoms with Crippen molar-refractivity contribution in [2.24, 2.45) is 17.8 Å². The first-order valence-corrected chi connectivity index (χ1v) is 9.93. The molecule has 4 unspecified atom stereocenters. The summed E-state index contributed by atoms with van der Waals surface area (Å²) in [5, 5.41) is 0. The lowest BCUT2D eigenvalue weighted by molar-refractivity contribution is -0.163. The van der Waals surface area contributed by atoms with Gasteiger partial charge in [-0.1, -0.05) is 37.0 Å². The third kappa shape index (κ3) is 4.35. The Morgan fingerprint density at radius 1 is 1.27 bits per heavy atom. The topological polar surface area (TPSA) is 52.6 Å². The van der Waals surface area contributed by atoms with Gasteiger partial charge in [0.15, 0.2) is 5.78 Å². The second-order valence-electron chi connectivity index (χ2n) is 7.82. The van der Waals surface area contributed by atoms with E-state index in [9.17, 15) is 9.59 Å². The number of ether oxygens (including phenoxy) is 2. The van der Waals surface area contributed by atoms with E-state index in [2.05, 4.69) is 12.7 Å². The Bertz CT molecular complexity index is 597. The zero-order valence-electron chi connectivity index (χ0n) is 15.7. The molecule has 0 aromatic carbocycles. The molecule has 0 spiro atoms. The molecule has 3 aliphatic rings. The summed E-state index contributed by atoms with van der Waals surface area (Å²) in [5.41, 5.74) is 1.02. The van der Waals surface area contributed by atoms with Crippen LogP contribution in [0.4, 0.5) is 0 Å². The number of fused-ring (bicyclic) bond motifs is 1. The van der Waals surface area contributed by atoms with E-state index in [1.54, 1.807) is 18.2 Å². The highest BCUT2D eigenvalue weighted by Crippen LogP contribution is 2.40. The first-order valence-electron chi connectivity index (χ1n) is 9.93. The number of rotatable bonds is 6. The summed E-state index contributed by atoms with van der Waals surface area (Å²) in [5.74, 6) is -0.131. The van der Waals surface area contributed by atoms with Gasteiger partial charge in [0.1, 0.15) is 6.10 Å². The summed E-state index contributed by atoms with van der Waals surface area (Å²) in [6.45, 7) is 6.06. The number of hydrogen-bond acceptors (Lipinski definition) is 4. The molecule has 3 rings (SSSR count). The number of carbonyl (C=O) groups is 2. The number of carbonyl (C=O) groups excluding carboxylic acids is 2. The zero-order valence-corrected chi connectivity index (χ0v) is 15.7. The Hall–Kier alpha value is -1.68. The molecule has 0 N–H and O–H groups in total. The Kier molecular flexibility index (Phi) is 6.47. The first-order chi connectivity index (χ1) is 12.6. The smallest absolute Gasteiger partial charge is 0.331 e. The molecule has 0 aromatic heterocycles. The lowest BCUT2D eigenvalue weighted by atomic mass is 9.71. The van der Waals surface area contributed by atoms with Crippen molar-refractivity contribution in [2.75, 3.05) is 6.61 Å². The zero-order chi connectivity index (χ0) is 18.5. The lowest BCUT2D eigenvalue weighted by Gasteiger charge is -2.43. The van der Waals surface area contributed by atoms with Crippen LogP contribution in [0.15, 0.2) is 36.5 Å². The fraction of sp³-hybridized carbons (Fsp3) is 0.636. The summed E-state index contributed by atoms with van der Waals surface area (Å²) >= 11 is 0. The predicted octanol–water partition coefficient (Wildman–Crippen LogP) is 4.16. The van der Waals surface area contributed by atoms with E-state index in [1.807, 2.05) is 6.92 Å². The van der Waals surface area contributed by atoms with Gasteiger partial charge in [-0.25, -0.2) is 4.79 Å². The van der Waals surface area contributed by atoms with Gasteiger partial charge in [0.2, 0.25) is 0 Å². The molecule has 0 bridgehead atoms. The van der Waals surface area contributed by atoms with E-state index in [-0.39, 0.29) is 23.8 Å². The van der Waals surface area contributed by atoms with Crippen molar-refractivity contribution in [3.05, 3.63) is 36.5 Å². The maximum absolute atomic E-state index is 13.1. The van der Waals surface area contributed by atoms with Crippen LogP contribution < -0.4 is 0 Å². The van der Waals surface area contributed by atoms with Gasteiger partial charge in [-0.2, -0.15) is 0 Å². The van der Waals surface area contributed by atoms with Gasteiger partial charge in [0.25, 0.3) is 0 Å². The van der Waals surface area contributed by atoms with Gasteiger partial charge < -0.3 is 9.47 Å². The maximum Gasteiger partial charge on any atom is 0.331 e. The molecule has 4 heteroatoms. The van der Waals surface area contributed by atoms with E-state index in [0.29, 0.717) is 12.5 Å². The fourth-order valence-corrected chi connectivity index (χ4v) is 4.65. The molecule has 1 heterocycles. The van der Waals surface area contributed by atoms with Crippen LogP contribution in [-0.4, -0.2) is 30.6 Å². The van der Waals surface area contributed by atoms with Crippen molar-refractivity contribution < 1.29 is 19.1 Å². The molecule has 2 fully saturated rings. The van der Waals surface area contributed by atoms with Gasteiger partial charge in [-0.15, -0.1) is 6.58 Å². The quantitative estimate of drug-likeness (QED) is 0.406. The minimum absolute atomic E-state index is 0.0295. The molecule has 0 saturated heterocycles. The van der Waals surface area contributed by atoms with Crippen molar-refractivity contribution in [1.82, 2.24) is 0 Å². The van der Waals surface area contributed by atoms with Crippen LogP contribution in [0.2, 0.25) is 0 Å². The summed E-state index contributed by atoms with van der Waals surface area (Å²) in [4.78, 5) is 25.0. The average Bonchev–Trinajstić information content (AvgIpc) is 2.64.